The van der Waals surface area contributed by atoms with Gasteiger partial charge in [0.15, 0.2) is 0 Å². The summed E-state index contributed by atoms with van der Waals surface area (Å²) in [5.74, 6) is -6.68. The standard InChI is InChI=1S/C9H11F4NO5S/c10-8(11)9(12,13)5-19-20(17,18)4-3-14-6(15)1-2-7(14)16/h8H,1-5H2. The minimum absolute atomic E-state index is 0.0524. The van der Waals surface area contributed by atoms with E-state index in [-0.39, 0.29) is 12.8 Å². The Bertz CT molecular complexity index is 477. The summed E-state index contributed by atoms with van der Waals surface area (Å²) in [7, 11) is -4.54. The van der Waals surface area contributed by atoms with Gasteiger partial charge in [0.25, 0.3) is 10.1 Å². The summed E-state index contributed by atoms with van der Waals surface area (Å²) in [6, 6.07) is 0. The molecule has 0 unspecified atom stereocenters. The lowest BCUT2D eigenvalue weighted by atomic mass is 10.4. The zero-order valence-corrected chi connectivity index (χ0v) is 10.8. The number of hydrogen-bond acceptors (Lipinski definition) is 5. The van der Waals surface area contributed by atoms with Crippen LogP contribution in [0.25, 0.3) is 0 Å². The molecule has 0 aromatic rings. The van der Waals surface area contributed by atoms with Crippen LogP contribution in [0.3, 0.4) is 0 Å². The summed E-state index contributed by atoms with van der Waals surface area (Å²) in [6.45, 7) is -2.55. The molecule has 0 radical (unpaired) electrons. The lowest BCUT2D eigenvalue weighted by molar-refractivity contribution is -0.147. The molecule has 0 spiro atoms. The topological polar surface area (TPSA) is 80.8 Å². The maximum atomic E-state index is 12.5. The third-order valence-corrected chi connectivity index (χ3v) is 3.63. The van der Waals surface area contributed by atoms with E-state index in [1.807, 2.05) is 0 Å². The molecule has 20 heavy (non-hydrogen) atoms. The highest BCUT2D eigenvalue weighted by Gasteiger charge is 2.42. The van der Waals surface area contributed by atoms with E-state index in [9.17, 15) is 35.6 Å². The normalized spacial score (nSPS) is 17.4. The molecule has 0 N–H and O–H groups in total. The Balaban J connectivity index is 2.50. The predicted molar refractivity (Wildman–Crippen MR) is 56.6 cm³/mol. The van der Waals surface area contributed by atoms with Crippen LogP contribution in [0.5, 0.6) is 0 Å². The number of imide groups is 1. The second kappa shape index (κ2) is 6.04. The molecule has 0 aromatic heterocycles. The van der Waals surface area contributed by atoms with Crippen LogP contribution in [0.2, 0.25) is 0 Å². The molecule has 0 aromatic carbocycles. The van der Waals surface area contributed by atoms with E-state index in [0.29, 0.717) is 4.90 Å². The fourth-order valence-electron chi connectivity index (χ4n) is 1.37. The van der Waals surface area contributed by atoms with Gasteiger partial charge in [-0.3, -0.25) is 18.7 Å². The second-order valence-corrected chi connectivity index (χ2v) is 5.78. The van der Waals surface area contributed by atoms with E-state index in [2.05, 4.69) is 4.18 Å². The van der Waals surface area contributed by atoms with E-state index in [1.54, 1.807) is 0 Å². The molecule has 1 heterocycles. The quantitative estimate of drug-likeness (QED) is 0.385. The molecule has 0 atom stereocenters. The number of alkyl halides is 4. The second-order valence-electron chi connectivity index (χ2n) is 4.02. The van der Waals surface area contributed by atoms with Crippen LogP contribution in [0.4, 0.5) is 17.6 Å². The average molecular weight is 321 g/mol. The molecule has 116 valence electrons. The molecule has 0 aliphatic carbocycles. The van der Waals surface area contributed by atoms with Crippen LogP contribution in [-0.4, -0.2) is 56.4 Å². The van der Waals surface area contributed by atoms with Crippen molar-refractivity contribution in [3.8, 4) is 0 Å². The van der Waals surface area contributed by atoms with Crippen LogP contribution < -0.4 is 0 Å². The monoisotopic (exact) mass is 321 g/mol. The first-order valence-electron chi connectivity index (χ1n) is 5.41. The third-order valence-electron chi connectivity index (χ3n) is 2.47. The van der Waals surface area contributed by atoms with Crippen molar-refractivity contribution in [1.29, 1.82) is 0 Å². The summed E-state index contributed by atoms with van der Waals surface area (Å²) in [5.41, 5.74) is 0. The molecule has 1 aliphatic heterocycles. The van der Waals surface area contributed by atoms with Crippen LogP contribution in [0.1, 0.15) is 12.8 Å². The number of carbonyl (C=O) groups excluding carboxylic acids is 2. The Hall–Kier alpha value is -1.23. The Morgan fingerprint density at radius 1 is 1.20 bits per heavy atom. The summed E-state index contributed by atoms with van der Waals surface area (Å²) < 4.78 is 74.8. The summed E-state index contributed by atoms with van der Waals surface area (Å²) in [6.07, 6.45) is -4.16. The molecular weight excluding hydrogens is 310 g/mol. The van der Waals surface area contributed by atoms with E-state index < -0.39 is 53.2 Å². The zero-order valence-electron chi connectivity index (χ0n) is 10.0. The van der Waals surface area contributed by atoms with Crippen molar-refractivity contribution in [2.24, 2.45) is 0 Å². The highest BCUT2D eigenvalue weighted by molar-refractivity contribution is 7.86. The lowest BCUT2D eigenvalue weighted by Gasteiger charge is -2.16. The number of halogens is 4. The van der Waals surface area contributed by atoms with Gasteiger partial charge < -0.3 is 0 Å². The van der Waals surface area contributed by atoms with Crippen molar-refractivity contribution in [2.45, 2.75) is 25.2 Å². The Morgan fingerprint density at radius 2 is 1.70 bits per heavy atom. The van der Waals surface area contributed by atoms with Crippen molar-refractivity contribution < 1.29 is 39.8 Å². The molecule has 0 saturated carbocycles. The lowest BCUT2D eigenvalue weighted by Crippen LogP contribution is -2.37. The van der Waals surface area contributed by atoms with Crippen LogP contribution >= 0.6 is 0 Å². The first-order valence-corrected chi connectivity index (χ1v) is 6.99. The first kappa shape index (κ1) is 16.8. The van der Waals surface area contributed by atoms with Crippen molar-refractivity contribution in [2.75, 3.05) is 18.9 Å². The number of rotatable bonds is 7. The van der Waals surface area contributed by atoms with Crippen LogP contribution in [-0.2, 0) is 23.9 Å². The molecule has 1 fully saturated rings. The largest absolute Gasteiger partial charge is 0.331 e. The van der Waals surface area contributed by atoms with Gasteiger partial charge in [0.2, 0.25) is 11.8 Å². The first-order chi connectivity index (χ1) is 9.05. The Kier molecular flexibility index (Phi) is 5.08. The van der Waals surface area contributed by atoms with Crippen LogP contribution in [0.15, 0.2) is 0 Å². The van der Waals surface area contributed by atoms with Gasteiger partial charge in [0.1, 0.15) is 6.61 Å². The SMILES string of the molecule is O=C1CCC(=O)N1CCS(=O)(=O)OCC(F)(F)C(F)F. The van der Waals surface area contributed by atoms with Gasteiger partial charge in [-0.1, -0.05) is 0 Å². The van der Waals surface area contributed by atoms with Crippen molar-refractivity contribution >= 4 is 21.9 Å². The molecule has 2 amide bonds. The van der Waals surface area contributed by atoms with Crippen LogP contribution in [0, 0.1) is 0 Å². The van der Waals surface area contributed by atoms with E-state index >= 15 is 0 Å². The predicted octanol–water partition coefficient (Wildman–Crippen LogP) is 0.382. The fraction of sp³-hybridized carbons (Fsp3) is 0.778. The maximum absolute atomic E-state index is 12.5. The Morgan fingerprint density at radius 3 is 2.15 bits per heavy atom. The van der Waals surface area contributed by atoms with Gasteiger partial charge in [-0.15, -0.1) is 0 Å². The number of likely N-dealkylation sites (tertiary alicyclic amines) is 1. The summed E-state index contributed by atoms with van der Waals surface area (Å²) in [5, 5.41) is 0. The number of nitrogens with zero attached hydrogens (tertiary/aromatic N) is 1. The molecule has 1 aliphatic rings. The molecule has 6 nitrogen and oxygen atoms in total. The smallest absolute Gasteiger partial charge is 0.281 e. The van der Waals surface area contributed by atoms with E-state index in [4.69, 9.17) is 0 Å². The van der Waals surface area contributed by atoms with E-state index in [1.165, 1.54) is 0 Å². The van der Waals surface area contributed by atoms with Crippen molar-refractivity contribution in [3.63, 3.8) is 0 Å². The zero-order chi connectivity index (χ0) is 15.6. The Labute approximate surface area is 111 Å². The van der Waals surface area contributed by atoms with Gasteiger partial charge in [-0.05, 0) is 0 Å². The molecular formula is C9H11F4NO5S. The maximum Gasteiger partial charge on any atom is 0.331 e. The highest BCUT2D eigenvalue weighted by Crippen LogP contribution is 2.23. The van der Waals surface area contributed by atoms with Gasteiger partial charge in [-0.2, -0.15) is 17.2 Å². The van der Waals surface area contributed by atoms with Gasteiger partial charge >= 0.3 is 12.3 Å². The number of amides is 2. The molecule has 1 rings (SSSR count). The van der Waals surface area contributed by atoms with Crippen molar-refractivity contribution in [3.05, 3.63) is 0 Å². The third kappa shape index (κ3) is 4.40. The van der Waals surface area contributed by atoms with Gasteiger partial charge in [0, 0.05) is 19.4 Å². The minimum atomic E-state index is -4.59. The average Bonchev–Trinajstić information content (AvgIpc) is 2.64. The summed E-state index contributed by atoms with van der Waals surface area (Å²) >= 11 is 0. The molecule has 0 bridgehead atoms. The van der Waals surface area contributed by atoms with Gasteiger partial charge in [0.05, 0.1) is 5.75 Å². The van der Waals surface area contributed by atoms with E-state index in [0.717, 1.165) is 0 Å². The van der Waals surface area contributed by atoms with Gasteiger partial charge in [-0.25, -0.2) is 8.78 Å². The molecule has 11 heteroatoms. The van der Waals surface area contributed by atoms with Crippen molar-refractivity contribution in [1.82, 2.24) is 4.90 Å². The highest BCUT2D eigenvalue weighted by atomic mass is 32.2. The fourth-order valence-corrected chi connectivity index (χ4v) is 2.23. The number of hydrogen-bond donors (Lipinski definition) is 0. The minimum Gasteiger partial charge on any atom is -0.281 e. The number of carbonyl (C=O) groups is 2. The summed E-state index contributed by atoms with van der Waals surface area (Å²) in [4.78, 5) is 23.0. The molecule has 1 saturated heterocycles.